The van der Waals surface area contributed by atoms with Crippen LogP contribution in [0.4, 0.5) is 16.3 Å². The van der Waals surface area contributed by atoms with E-state index in [0.29, 0.717) is 17.4 Å². The minimum absolute atomic E-state index is 0.354. The lowest BCUT2D eigenvalue weighted by Gasteiger charge is -2.10. The van der Waals surface area contributed by atoms with Crippen LogP contribution < -0.4 is 10.6 Å². The SMILES string of the molecule is Cc1coc(-c2ccc(C)c(NC(=O)Nc3ccn[nH]3)c2)n1. The Morgan fingerprint density at radius 2 is 2.09 bits per heavy atom. The molecule has 0 radical (unpaired) electrons. The summed E-state index contributed by atoms with van der Waals surface area (Å²) in [6.07, 6.45) is 3.15. The topological polar surface area (TPSA) is 95.8 Å². The molecule has 0 unspecified atom stereocenters. The van der Waals surface area contributed by atoms with Gasteiger partial charge in [0.05, 0.1) is 11.9 Å². The van der Waals surface area contributed by atoms with Crippen molar-refractivity contribution >= 4 is 17.5 Å². The standard InChI is InChI=1S/C15H15N5O2/c1-9-3-4-11(14-17-10(2)8-22-14)7-12(9)18-15(21)19-13-5-6-16-20-13/h3-8H,1-2H3,(H3,16,18,19,20,21). The third kappa shape index (κ3) is 2.98. The number of nitrogens with one attached hydrogen (secondary N) is 3. The van der Waals surface area contributed by atoms with Crippen molar-refractivity contribution in [1.82, 2.24) is 15.2 Å². The number of aromatic amines is 1. The van der Waals surface area contributed by atoms with Crippen LogP contribution in [0.25, 0.3) is 11.5 Å². The molecule has 0 atom stereocenters. The Hall–Kier alpha value is -3.09. The molecule has 0 aliphatic rings. The van der Waals surface area contributed by atoms with Crippen molar-refractivity contribution in [3.63, 3.8) is 0 Å². The highest BCUT2D eigenvalue weighted by Gasteiger charge is 2.10. The molecule has 1 aromatic carbocycles. The fourth-order valence-corrected chi connectivity index (χ4v) is 1.98. The number of hydrogen-bond acceptors (Lipinski definition) is 4. The Labute approximate surface area is 126 Å². The van der Waals surface area contributed by atoms with Crippen molar-refractivity contribution in [3.8, 4) is 11.5 Å². The van der Waals surface area contributed by atoms with Crippen LogP contribution >= 0.6 is 0 Å². The van der Waals surface area contributed by atoms with E-state index in [-0.39, 0.29) is 6.03 Å². The largest absolute Gasteiger partial charge is 0.444 e. The molecule has 3 aromatic rings. The summed E-state index contributed by atoms with van der Waals surface area (Å²) in [6.45, 7) is 3.77. The molecule has 0 fully saturated rings. The van der Waals surface area contributed by atoms with Gasteiger partial charge in [0.15, 0.2) is 0 Å². The number of urea groups is 1. The first-order valence-electron chi connectivity index (χ1n) is 6.72. The van der Waals surface area contributed by atoms with Crippen LogP contribution in [-0.4, -0.2) is 21.2 Å². The second-order valence-electron chi connectivity index (χ2n) is 4.87. The number of amides is 2. The third-order valence-corrected chi connectivity index (χ3v) is 3.10. The van der Waals surface area contributed by atoms with E-state index in [0.717, 1.165) is 16.8 Å². The number of carbonyl (C=O) groups is 1. The van der Waals surface area contributed by atoms with Gasteiger partial charge in [-0.3, -0.25) is 10.4 Å². The maximum atomic E-state index is 12.0. The molecule has 2 aromatic heterocycles. The Bertz CT molecular complexity index is 792. The predicted molar refractivity (Wildman–Crippen MR) is 82.6 cm³/mol. The average molecular weight is 297 g/mol. The minimum Gasteiger partial charge on any atom is -0.444 e. The van der Waals surface area contributed by atoms with Gasteiger partial charge in [-0.15, -0.1) is 0 Å². The van der Waals surface area contributed by atoms with Gasteiger partial charge in [-0.05, 0) is 31.5 Å². The number of H-pyrrole nitrogens is 1. The summed E-state index contributed by atoms with van der Waals surface area (Å²) >= 11 is 0. The molecular weight excluding hydrogens is 282 g/mol. The van der Waals surface area contributed by atoms with Crippen LogP contribution in [0.2, 0.25) is 0 Å². The first-order chi connectivity index (χ1) is 10.6. The molecule has 0 aliphatic carbocycles. The summed E-state index contributed by atoms with van der Waals surface area (Å²) in [5.41, 5.74) is 3.23. The Balaban J connectivity index is 1.79. The number of aromatic nitrogens is 3. The van der Waals surface area contributed by atoms with Gasteiger partial charge in [0.1, 0.15) is 12.1 Å². The number of carbonyl (C=O) groups excluding carboxylic acids is 1. The highest BCUT2D eigenvalue weighted by molar-refractivity contribution is 5.99. The molecule has 0 saturated heterocycles. The molecule has 2 heterocycles. The van der Waals surface area contributed by atoms with Gasteiger partial charge in [-0.25, -0.2) is 9.78 Å². The molecule has 3 rings (SSSR count). The normalized spacial score (nSPS) is 10.5. The molecule has 22 heavy (non-hydrogen) atoms. The fourth-order valence-electron chi connectivity index (χ4n) is 1.98. The van der Waals surface area contributed by atoms with Crippen molar-refractivity contribution in [2.24, 2.45) is 0 Å². The van der Waals surface area contributed by atoms with E-state index >= 15 is 0 Å². The molecular formula is C15H15N5O2. The molecule has 7 heteroatoms. The summed E-state index contributed by atoms with van der Waals surface area (Å²) in [4.78, 5) is 16.3. The zero-order valence-corrected chi connectivity index (χ0v) is 12.2. The highest BCUT2D eigenvalue weighted by Crippen LogP contribution is 2.25. The monoisotopic (exact) mass is 297 g/mol. The average Bonchev–Trinajstić information content (AvgIpc) is 3.13. The zero-order chi connectivity index (χ0) is 15.5. The van der Waals surface area contributed by atoms with Gasteiger partial charge in [0.25, 0.3) is 0 Å². The third-order valence-electron chi connectivity index (χ3n) is 3.10. The smallest absolute Gasteiger partial charge is 0.324 e. The maximum absolute atomic E-state index is 12.0. The molecule has 7 nitrogen and oxygen atoms in total. The van der Waals surface area contributed by atoms with E-state index in [4.69, 9.17) is 4.42 Å². The van der Waals surface area contributed by atoms with Crippen LogP contribution in [-0.2, 0) is 0 Å². The highest BCUT2D eigenvalue weighted by atomic mass is 16.3. The summed E-state index contributed by atoms with van der Waals surface area (Å²) in [7, 11) is 0. The van der Waals surface area contributed by atoms with E-state index in [2.05, 4.69) is 25.8 Å². The number of hydrogen-bond donors (Lipinski definition) is 3. The number of rotatable bonds is 3. The second-order valence-corrected chi connectivity index (χ2v) is 4.87. The first kappa shape index (κ1) is 13.9. The fraction of sp³-hybridized carbons (Fsp3) is 0.133. The second kappa shape index (κ2) is 5.72. The minimum atomic E-state index is -0.354. The molecule has 3 N–H and O–H groups in total. The van der Waals surface area contributed by atoms with E-state index in [1.807, 2.05) is 32.0 Å². The van der Waals surface area contributed by atoms with Crippen molar-refractivity contribution in [2.45, 2.75) is 13.8 Å². The number of anilines is 2. The van der Waals surface area contributed by atoms with E-state index in [9.17, 15) is 4.79 Å². The molecule has 0 saturated carbocycles. The van der Waals surface area contributed by atoms with Crippen molar-refractivity contribution < 1.29 is 9.21 Å². The Morgan fingerprint density at radius 1 is 1.23 bits per heavy atom. The lowest BCUT2D eigenvalue weighted by molar-refractivity contribution is 0.262. The Kier molecular flexibility index (Phi) is 3.61. The summed E-state index contributed by atoms with van der Waals surface area (Å²) in [6, 6.07) is 6.94. The molecule has 2 amide bonds. The number of nitrogens with zero attached hydrogens (tertiary/aromatic N) is 2. The van der Waals surface area contributed by atoms with Crippen LogP contribution in [0.5, 0.6) is 0 Å². The summed E-state index contributed by atoms with van der Waals surface area (Å²) < 4.78 is 5.38. The first-order valence-corrected chi connectivity index (χ1v) is 6.72. The van der Waals surface area contributed by atoms with Crippen molar-refractivity contribution in [3.05, 3.63) is 48.0 Å². The molecule has 112 valence electrons. The van der Waals surface area contributed by atoms with Gasteiger partial charge in [0.2, 0.25) is 5.89 Å². The quantitative estimate of drug-likeness (QED) is 0.691. The molecule has 0 bridgehead atoms. The van der Waals surface area contributed by atoms with Crippen LogP contribution in [0.1, 0.15) is 11.3 Å². The number of aryl methyl sites for hydroxylation is 2. The number of oxazole rings is 1. The summed E-state index contributed by atoms with van der Waals surface area (Å²) in [5, 5.41) is 11.9. The lowest BCUT2D eigenvalue weighted by Crippen LogP contribution is -2.20. The van der Waals surface area contributed by atoms with Gasteiger partial charge in [0, 0.05) is 17.3 Å². The van der Waals surface area contributed by atoms with Crippen molar-refractivity contribution in [1.29, 1.82) is 0 Å². The van der Waals surface area contributed by atoms with Crippen LogP contribution in [0.3, 0.4) is 0 Å². The van der Waals surface area contributed by atoms with Crippen LogP contribution in [0.15, 0.2) is 41.1 Å². The molecule has 0 spiro atoms. The van der Waals surface area contributed by atoms with Gasteiger partial charge in [-0.1, -0.05) is 6.07 Å². The van der Waals surface area contributed by atoms with E-state index in [1.54, 1.807) is 18.5 Å². The van der Waals surface area contributed by atoms with E-state index in [1.165, 1.54) is 0 Å². The van der Waals surface area contributed by atoms with Crippen molar-refractivity contribution in [2.75, 3.05) is 10.6 Å². The van der Waals surface area contributed by atoms with Crippen LogP contribution in [0, 0.1) is 13.8 Å². The van der Waals surface area contributed by atoms with E-state index < -0.39 is 0 Å². The lowest BCUT2D eigenvalue weighted by atomic mass is 10.1. The van der Waals surface area contributed by atoms with Gasteiger partial charge >= 0.3 is 6.03 Å². The summed E-state index contributed by atoms with van der Waals surface area (Å²) in [5.74, 6) is 1.05. The van der Waals surface area contributed by atoms with Gasteiger partial charge < -0.3 is 9.73 Å². The predicted octanol–water partition coefficient (Wildman–Crippen LogP) is 3.33. The molecule has 0 aliphatic heterocycles. The maximum Gasteiger partial charge on any atom is 0.324 e. The Morgan fingerprint density at radius 3 is 2.77 bits per heavy atom. The zero-order valence-electron chi connectivity index (χ0n) is 12.2. The van der Waals surface area contributed by atoms with Gasteiger partial charge in [-0.2, -0.15) is 5.10 Å². The number of benzene rings is 1.